The lowest BCUT2D eigenvalue weighted by molar-refractivity contribution is -0.137. The summed E-state index contributed by atoms with van der Waals surface area (Å²) in [6.07, 6.45) is 0. The van der Waals surface area contributed by atoms with Crippen molar-refractivity contribution in [3.63, 3.8) is 0 Å². The summed E-state index contributed by atoms with van der Waals surface area (Å²) in [5, 5.41) is 13.0. The van der Waals surface area contributed by atoms with Crippen LogP contribution in [-0.4, -0.2) is 21.5 Å². The van der Waals surface area contributed by atoms with Gasteiger partial charge in [0, 0.05) is 5.38 Å². The second-order valence-electron chi connectivity index (χ2n) is 2.09. The van der Waals surface area contributed by atoms with Crippen molar-refractivity contribution in [2.45, 2.75) is 13.0 Å². The number of nitrogens with one attached hydrogen (secondary N) is 1. The molecule has 0 fully saturated rings. The summed E-state index contributed by atoms with van der Waals surface area (Å²) in [5.41, 5.74) is 0. The van der Waals surface area contributed by atoms with Crippen molar-refractivity contribution < 1.29 is 9.90 Å². The van der Waals surface area contributed by atoms with E-state index in [0.29, 0.717) is 5.82 Å². The fraction of sp³-hybridized carbons (Fsp3) is 0.333. The molecule has 4 nitrogen and oxygen atoms in total. The molecule has 5 heteroatoms. The van der Waals surface area contributed by atoms with E-state index >= 15 is 0 Å². The van der Waals surface area contributed by atoms with Crippen LogP contribution >= 0.6 is 11.5 Å². The van der Waals surface area contributed by atoms with Crippen LogP contribution < -0.4 is 5.32 Å². The highest BCUT2D eigenvalue weighted by atomic mass is 32.1. The van der Waals surface area contributed by atoms with Gasteiger partial charge in [-0.1, -0.05) is 0 Å². The first kappa shape index (κ1) is 8.00. The third-order valence-corrected chi connectivity index (χ3v) is 1.73. The van der Waals surface area contributed by atoms with Gasteiger partial charge in [0.05, 0.1) is 0 Å². The molecule has 1 heterocycles. The molecule has 0 saturated heterocycles. The summed E-state index contributed by atoms with van der Waals surface area (Å²) in [4.78, 5) is 10.3. The molecule has 1 aromatic rings. The highest BCUT2D eigenvalue weighted by Crippen LogP contribution is 2.06. The second-order valence-corrected chi connectivity index (χ2v) is 2.75. The first-order chi connectivity index (χ1) is 5.20. The number of carboxylic acids is 1. The summed E-state index contributed by atoms with van der Waals surface area (Å²) in [7, 11) is 0. The Morgan fingerprint density at radius 2 is 2.64 bits per heavy atom. The van der Waals surface area contributed by atoms with Crippen molar-refractivity contribution in [3.05, 3.63) is 11.4 Å². The Morgan fingerprint density at radius 3 is 3.09 bits per heavy atom. The Kier molecular flexibility index (Phi) is 2.43. The maximum absolute atomic E-state index is 10.3. The number of carbonyl (C=O) groups is 1. The predicted octanol–water partition coefficient (Wildman–Crippen LogP) is 1.03. The van der Waals surface area contributed by atoms with Crippen LogP contribution in [0.25, 0.3) is 0 Å². The third-order valence-electron chi connectivity index (χ3n) is 1.17. The molecule has 0 spiro atoms. The van der Waals surface area contributed by atoms with Crippen molar-refractivity contribution in [1.82, 2.24) is 4.37 Å². The SMILES string of the molecule is C[C@H](Nc1ccsn1)C(=O)O. The van der Waals surface area contributed by atoms with Gasteiger partial charge in [-0.25, -0.2) is 0 Å². The van der Waals surface area contributed by atoms with E-state index in [2.05, 4.69) is 9.69 Å². The van der Waals surface area contributed by atoms with Gasteiger partial charge in [0.2, 0.25) is 0 Å². The summed E-state index contributed by atoms with van der Waals surface area (Å²) < 4.78 is 3.91. The van der Waals surface area contributed by atoms with Crippen LogP contribution in [0.5, 0.6) is 0 Å². The van der Waals surface area contributed by atoms with E-state index in [9.17, 15) is 4.79 Å². The van der Waals surface area contributed by atoms with E-state index < -0.39 is 12.0 Å². The van der Waals surface area contributed by atoms with Crippen molar-refractivity contribution >= 4 is 23.3 Å². The number of anilines is 1. The Bertz CT molecular complexity index is 235. The molecule has 1 aromatic heterocycles. The van der Waals surface area contributed by atoms with Crippen LogP contribution in [0.4, 0.5) is 5.82 Å². The molecule has 0 radical (unpaired) electrons. The maximum Gasteiger partial charge on any atom is 0.325 e. The Hall–Kier alpha value is -1.10. The zero-order valence-corrected chi connectivity index (χ0v) is 6.76. The molecule has 0 bridgehead atoms. The zero-order valence-electron chi connectivity index (χ0n) is 5.94. The van der Waals surface area contributed by atoms with Gasteiger partial charge in [-0.15, -0.1) is 0 Å². The zero-order chi connectivity index (χ0) is 8.27. The fourth-order valence-corrected chi connectivity index (χ4v) is 1.05. The summed E-state index contributed by atoms with van der Waals surface area (Å²) >= 11 is 1.29. The van der Waals surface area contributed by atoms with Crippen molar-refractivity contribution in [2.75, 3.05) is 5.32 Å². The van der Waals surface area contributed by atoms with Crippen molar-refractivity contribution in [1.29, 1.82) is 0 Å². The molecule has 1 rings (SSSR count). The van der Waals surface area contributed by atoms with E-state index in [1.165, 1.54) is 11.5 Å². The highest BCUT2D eigenvalue weighted by molar-refractivity contribution is 7.03. The van der Waals surface area contributed by atoms with Gasteiger partial charge in [-0.2, -0.15) is 4.37 Å². The number of rotatable bonds is 3. The minimum absolute atomic E-state index is 0.586. The van der Waals surface area contributed by atoms with Gasteiger partial charge in [0.15, 0.2) is 0 Å². The van der Waals surface area contributed by atoms with Gasteiger partial charge in [-0.3, -0.25) is 4.79 Å². The topological polar surface area (TPSA) is 62.2 Å². The number of aromatic nitrogens is 1. The van der Waals surface area contributed by atoms with Crippen molar-refractivity contribution in [2.24, 2.45) is 0 Å². The number of carboxylic acid groups (broad SMARTS) is 1. The van der Waals surface area contributed by atoms with Crippen LogP contribution in [0.15, 0.2) is 11.4 Å². The first-order valence-corrected chi connectivity index (χ1v) is 3.93. The Labute approximate surface area is 68.0 Å². The number of hydrogen-bond acceptors (Lipinski definition) is 4. The van der Waals surface area contributed by atoms with Crippen LogP contribution in [0, 0.1) is 0 Å². The lowest BCUT2D eigenvalue weighted by Gasteiger charge is -2.05. The van der Waals surface area contributed by atoms with Crippen LogP contribution in [0.3, 0.4) is 0 Å². The van der Waals surface area contributed by atoms with Gasteiger partial charge in [0.1, 0.15) is 11.9 Å². The lowest BCUT2D eigenvalue weighted by Crippen LogP contribution is -2.25. The van der Waals surface area contributed by atoms with Gasteiger partial charge in [-0.05, 0) is 24.5 Å². The monoisotopic (exact) mass is 172 g/mol. The van der Waals surface area contributed by atoms with Gasteiger partial charge < -0.3 is 10.4 Å². The minimum Gasteiger partial charge on any atom is -0.480 e. The molecule has 0 saturated carbocycles. The number of hydrogen-bond donors (Lipinski definition) is 2. The van der Waals surface area contributed by atoms with Crippen LogP contribution in [-0.2, 0) is 4.79 Å². The van der Waals surface area contributed by atoms with E-state index in [1.54, 1.807) is 18.4 Å². The van der Waals surface area contributed by atoms with Crippen LogP contribution in [0.2, 0.25) is 0 Å². The predicted molar refractivity (Wildman–Crippen MR) is 42.8 cm³/mol. The minimum atomic E-state index is -0.877. The molecular formula is C6H8N2O2S. The average molecular weight is 172 g/mol. The quantitative estimate of drug-likeness (QED) is 0.714. The normalized spacial score (nSPS) is 12.5. The second kappa shape index (κ2) is 3.34. The smallest absolute Gasteiger partial charge is 0.325 e. The molecule has 0 aliphatic rings. The molecule has 60 valence electrons. The molecule has 0 unspecified atom stereocenters. The van der Waals surface area contributed by atoms with Gasteiger partial charge in [0.25, 0.3) is 0 Å². The number of aliphatic carboxylic acids is 1. The average Bonchev–Trinajstić information content (AvgIpc) is 2.39. The summed E-state index contributed by atoms with van der Waals surface area (Å²) in [6.45, 7) is 1.57. The molecular weight excluding hydrogens is 164 g/mol. The molecule has 2 N–H and O–H groups in total. The summed E-state index contributed by atoms with van der Waals surface area (Å²) in [5.74, 6) is -0.261. The lowest BCUT2D eigenvalue weighted by atomic mass is 10.3. The Balaban J connectivity index is 2.50. The molecule has 0 aliphatic carbocycles. The standard InChI is InChI=1S/C6H8N2O2S/c1-4(6(9)10)7-5-2-3-11-8-5/h2-4H,1H3,(H,7,8)(H,9,10)/t4-/m0/s1. The molecule has 0 aromatic carbocycles. The molecule has 0 amide bonds. The van der Waals surface area contributed by atoms with Crippen molar-refractivity contribution in [3.8, 4) is 0 Å². The highest BCUT2D eigenvalue weighted by Gasteiger charge is 2.09. The van der Waals surface area contributed by atoms with E-state index in [4.69, 9.17) is 5.11 Å². The maximum atomic E-state index is 10.3. The largest absolute Gasteiger partial charge is 0.480 e. The molecule has 11 heavy (non-hydrogen) atoms. The molecule has 0 aliphatic heterocycles. The van der Waals surface area contributed by atoms with E-state index in [1.807, 2.05) is 0 Å². The van der Waals surface area contributed by atoms with E-state index in [0.717, 1.165) is 0 Å². The fourth-order valence-electron chi connectivity index (χ4n) is 0.571. The first-order valence-electron chi connectivity index (χ1n) is 3.10. The molecule has 1 atom stereocenters. The Morgan fingerprint density at radius 1 is 1.91 bits per heavy atom. The third kappa shape index (κ3) is 2.19. The van der Waals surface area contributed by atoms with Crippen LogP contribution in [0.1, 0.15) is 6.92 Å². The number of nitrogens with zero attached hydrogens (tertiary/aromatic N) is 1. The van der Waals surface area contributed by atoms with E-state index in [-0.39, 0.29) is 0 Å². The van der Waals surface area contributed by atoms with Gasteiger partial charge >= 0.3 is 5.97 Å². The summed E-state index contributed by atoms with van der Waals surface area (Å²) in [6, 6.07) is 1.15.